The van der Waals surface area contributed by atoms with Gasteiger partial charge in [0.05, 0.1) is 11.4 Å². The van der Waals surface area contributed by atoms with Gasteiger partial charge in [0.1, 0.15) is 0 Å². The minimum absolute atomic E-state index is 0.0441. The van der Waals surface area contributed by atoms with Crippen LogP contribution in [0.2, 0.25) is 0 Å². The van der Waals surface area contributed by atoms with Crippen LogP contribution in [0.1, 0.15) is 17.2 Å². The highest BCUT2D eigenvalue weighted by Gasteiger charge is 2.22. The number of anilines is 2. The molecule has 0 aromatic heterocycles. The van der Waals surface area contributed by atoms with Gasteiger partial charge in [0.15, 0.2) is 0 Å². The van der Waals surface area contributed by atoms with Gasteiger partial charge in [-0.25, -0.2) is 0 Å². The molecule has 0 radical (unpaired) electrons. The topological polar surface area (TPSA) is 32.5 Å². The third-order valence-corrected chi connectivity index (χ3v) is 4.34. The summed E-state index contributed by atoms with van der Waals surface area (Å²) >= 11 is 0. The number of benzene rings is 2. The summed E-state index contributed by atoms with van der Waals surface area (Å²) in [6.07, 6.45) is 0. The molecule has 3 heteroatoms. The van der Waals surface area contributed by atoms with E-state index in [0.717, 1.165) is 19.6 Å². The Kier molecular flexibility index (Phi) is 3.84. The molecule has 3 rings (SSSR count). The summed E-state index contributed by atoms with van der Waals surface area (Å²) in [5.74, 6) is 0. The Balaban J connectivity index is 1.83. The van der Waals surface area contributed by atoms with Gasteiger partial charge in [0.25, 0.3) is 0 Å². The zero-order chi connectivity index (χ0) is 14.8. The molecular formula is C18H23N3. The molecule has 0 bridgehead atoms. The first-order valence-electron chi connectivity index (χ1n) is 7.53. The van der Waals surface area contributed by atoms with Crippen LogP contribution in [-0.4, -0.2) is 26.7 Å². The number of fused-ring (bicyclic) bond motifs is 1. The molecule has 3 nitrogen and oxygen atoms in total. The quantitative estimate of drug-likeness (QED) is 0.939. The van der Waals surface area contributed by atoms with E-state index in [-0.39, 0.29) is 6.04 Å². The second-order valence-corrected chi connectivity index (χ2v) is 5.82. The number of nitrogens with zero attached hydrogens (tertiary/aromatic N) is 2. The van der Waals surface area contributed by atoms with Gasteiger partial charge in [-0.2, -0.15) is 0 Å². The van der Waals surface area contributed by atoms with Crippen molar-refractivity contribution in [2.75, 3.05) is 36.5 Å². The van der Waals surface area contributed by atoms with Gasteiger partial charge >= 0.3 is 0 Å². The molecule has 0 amide bonds. The average molecular weight is 281 g/mol. The van der Waals surface area contributed by atoms with Crippen LogP contribution in [-0.2, 0) is 0 Å². The molecular weight excluding hydrogens is 258 g/mol. The summed E-state index contributed by atoms with van der Waals surface area (Å²) < 4.78 is 0. The Morgan fingerprint density at radius 1 is 1.00 bits per heavy atom. The maximum Gasteiger partial charge on any atom is 0.0605 e. The molecule has 2 N–H and O–H groups in total. The highest BCUT2D eigenvalue weighted by atomic mass is 15.3. The lowest BCUT2D eigenvalue weighted by atomic mass is 10.0. The number of likely N-dealkylation sites (N-methyl/N-ethyl adjacent to an activating group) is 1. The van der Waals surface area contributed by atoms with Crippen LogP contribution in [0.5, 0.6) is 0 Å². The van der Waals surface area contributed by atoms with Gasteiger partial charge < -0.3 is 15.5 Å². The average Bonchev–Trinajstić information content (AvgIpc) is 2.51. The van der Waals surface area contributed by atoms with Crippen LogP contribution >= 0.6 is 0 Å². The summed E-state index contributed by atoms with van der Waals surface area (Å²) in [6, 6.07) is 17.0. The summed E-state index contributed by atoms with van der Waals surface area (Å²) in [5.41, 5.74) is 11.6. The lowest BCUT2D eigenvalue weighted by Gasteiger charge is -2.38. The summed E-state index contributed by atoms with van der Waals surface area (Å²) in [6.45, 7) is 5.05. The van der Waals surface area contributed by atoms with E-state index in [1.165, 1.54) is 22.5 Å². The van der Waals surface area contributed by atoms with E-state index in [2.05, 4.69) is 72.3 Å². The monoisotopic (exact) mass is 281 g/mol. The fourth-order valence-electron chi connectivity index (χ4n) is 3.09. The van der Waals surface area contributed by atoms with Crippen molar-refractivity contribution in [2.24, 2.45) is 5.73 Å². The number of nitrogens with two attached hydrogens (primary N) is 1. The third-order valence-electron chi connectivity index (χ3n) is 4.34. The zero-order valence-electron chi connectivity index (χ0n) is 12.8. The number of hydrogen-bond acceptors (Lipinski definition) is 3. The normalized spacial score (nSPS) is 15.8. The SMILES string of the molecule is Cc1ccccc1C(N)CN1CCN(C)c2ccccc21. The smallest absolute Gasteiger partial charge is 0.0605 e. The fraction of sp³-hybridized carbons (Fsp3) is 0.333. The lowest BCUT2D eigenvalue weighted by molar-refractivity contribution is 0.645. The van der Waals surface area contributed by atoms with Crippen molar-refractivity contribution < 1.29 is 0 Å². The molecule has 1 atom stereocenters. The number of para-hydroxylation sites is 2. The molecule has 1 unspecified atom stereocenters. The first kappa shape index (κ1) is 14.0. The number of rotatable bonds is 3. The van der Waals surface area contributed by atoms with E-state index in [1.54, 1.807) is 0 Å². The Labute approximate surface area is 127 Å². The molecule has 0 saturated carbocycles. The molecule has 1 aliphatic rings. The van der Waals surface area contributed by atoms with Crippen LogP contribution in [0.4, 0.5) is 11.4 Å². The van der Waals surface area contributed by atoms with Crippen LogP contribution in [0, 0.1) is 6.92 Å². The van der Waals surface area contributed by atoms with Gasteiger partial charge in [0.2, 0.25) is 0 Å². The first-order chi connectivity index (χ1) is 10.2. The summed E-state index contributed by atoms with van der Waals surface area (Å²) in [4.78, 5) is 4.72. The second-order valence-electron chi connectivity index (χ2n) is 5.82. The van der Waals surface area contributed by atoms with Gasteiger partial charge in [-0.15, -0.1) is 0 Å². The van der Waals surface area contributed by atoms with Crippen LogP contribution in [0.3, 0.4) is 0 Å². The standard InChI is InChI=1S/C18H23N3/c1-14-7-3-4-8-15(14)16(19)13-21-12-11-20(2)17-9-5-6-10-18(17)21/h3-10,16H,11-13,19H2,1-2H3. The zero-order valence-corrected chi connectivity index (χ0v) is 12.8. The molecule has 1 aliphatic heterocycles. The van der Waals surface area contributed by atoms with Crippen molar-refractivity contribution in [1.29, 1.82) is 0 Å². The molecule has 0 saturated heterocycles. The van der Waals surface area contributed by atoms with Gasteiger partial charge in [0, 0.05) is 32.7 Å². The molecule has 0 aliphatic carbocycles. The predicted molar refractivity (Wildman–Crippen MR) is 90.0 cm³/mol. The van der Waals surface area contributed by atoms with Crippen LogP contribution in [0.15, 0.2) is 48.5 Å². The van der Waals surface area contributed by atoms with E-state index < -0.39 is 0 Å². The van der Waals surface area contributed by atoms with Gasteiger partial charge in [-0.05, 0) is 30.2 Å². The Morgan fingerprint density at radius 3 is 2.43 bits per heavy atom. The minimum atomic E-state index is 0.0441. The molecule has 21 heavy (non-hydrogen) atoms. The Morgan fingerprint density at radius 2 is 1.67 bits per heavy atom. The lowest BCUT2D eigenvalue weighted by Crippen LogP contribution is -2.42. The molecule has 1 heterocycles. The highest BCUT2D eigenvalue weighted by Crippen LogP contribution is 2.32. The highest BCUT2D eigenvalue weighted by molar-refractivity contribution is 5.73. The van der Waals surface area contributed by atoms with Crippen LogP contribution < -0.4 is 15.5 Å². The largest absolute Gasteiger partial charge is 0.371 e. The predicted octanol–water partition coefficient (Wildman–Crippen LogP) is 2.95. The molecule has 0 spiro atoms. The second kappa shape index (κ2) is 5.78. The molecule has 2 aromatic rings. The van der Waals surface area contributed by atoms with Gasteiger partial charge in [-0.3, -0.25) is 0 Å². The number of hydrogen-bond donors (Lipinski definition) is 1. The maximum absolute atomic E-state index is 6.46. The fourth-order valence-corrected chi connectivity index (χ4v) is 3.09. The minimum Gasteiger partial charge on any atom is -0.371 e. The van der Waals surface area contributed by atoms with Gasteiger partial charge in [-0.1, -0.05) is 36.4 Å². The Hall–Kier alpha value is -2.00. The molecule has 0 fully saturated rings. The van der Waals surface area contributed by atoms with E-state index in [9.17, 15) is 0 Å². The van der Waals surface area contributed by atoms with E-state index in [0.29, 0.717) is 0 Å². The van der Waals surface area contributed by atoms with Crippen molar-refractivity contribution in [3.05, 3.63) is 59.7 Å². The van der Waals surface area contributed by atoms with Crippen molar-refractivity contribution in [1.82, 2.24) is 0 Å². The van der Waals surface area contributed by atoms with E-state index >= 15 is 0 Å². The van der Waals surface area contributed by atoms with E-state index in [4.69, 9.17) is 5.73 Å². The molecule has 110 valence electrons. The van der Waals surface area contributed by atoms with Crippen LogP contribution in [0.25, 0.3) is 0 Å². The number of aryl methyl sites for hydroxylation is 1. The summed E-state index contributed by atoms with van der Waals surface area (Å²) in [7, 11) is 2.15. The van der Waals surface area contributed by atoms with Crippen molar-refractivity contribution in [3.63, 3.8) is 0 Å². The maximum atomic E-state index is 6.46. The third kappa shape index (κ3) is 2.74. The first-order valence-corrected chi connectivity index (χ1v) is 7.53. The molecule has 2 aromatic carbocycles. The van der Waals surface area contributed by atoms with E-state index in [1.807, 2.05) is 0 Å². The van der Waals surface area contributed by atoms with Crippen molar-refractivity contribution >= 4 is 11.4 Å². The van der Waals surface area contributed by atoms with Crippen molar-refractivity contribution in [2.45, 2.75) is 13.0 Å². The Bertz CT molecular complexity index is 623. The summed E-state index contributed by atoms with van der Waals surface area (Å²) in [5, 5.41) is 0. The van der Waals surface area contributed by atoms with Crippen molar-refractivity contribution in [3.8, 4) is 0 Å².